The molecule has 1 atom stereocenters. The number of carbonyl (C=O) groups excluding carboxylic acids is 2. The Balaban J connectivity index is 1.42. The van der Waals surface area contributed by atoms with Gasteiger partial charge < -0.3 is 26.2 Å². The smallest absolute Gasteiger partial charge is 0.321 e. The number of hydrogen-bond donors (Lipinski definition) is 3. The van der Waals surface area contributed by atoms with Gasteiger partial charge in [-0.15, -0.1) is 11.3 Å². The van der Waals surface area contributed by atoms with Crippen LogP contribution in [-0.4, -0.2) is 57.5 Å². The molecule has 2 aromatic heterocycles. The number of carbonyl (C=O) groups is 2. The largest absolute Gasteiger partial charge is 0.368 e. The van der Waals surface area contributed by atoms with E-state index < -0.39 is 0 Å². The number of amides is 3. The quantitative estimate of drug-likeness (QED) is 0.586. The van der Waals surface area contributed by atoms with Crippen molar-refractivity contribution >= 4 is 56.8 Å². The maximum Gasteiger partial charge on any atom is 0.321 e. The van der Waals surface area contributed by atoms with E-state index >= 15 is 0 Å². The van der Waals surface area contributed by atoms with Crippen LogP contribution < -0.4 is 21.3 Å². The molecule has 30 heavy (non-hydrogen) atoms. The zero-order valence-corrected chi connectivity index (χ0v) is 17.4. The Bertz CT molecular complexity index is 1080. The molecule has 1 unspecified atom stereocenters. The zero-order valence-electron chi connectivity index (χ0n) is 16.6. The highest BCUT2D eigenvalue weighted by atomic mass is 32.1. The molecular formula is C19H22N8O2S. The van der Waals surface area contributed by atoms with Gasteiger partial charge in [-0.3, -0.25) is 4.79 Å². The van der Waals surface area contributed by atoms with Crippen molar-refractivity contribution in [1.29, 1.82) is 0 Å². The predicted molar refractivity (Wildman–Crippen MR) is 118 cm³/mol. The van der Waals surface area contributed by atoms with Gasteiger partial charge in [-0.1, -0.05) is 0 Å². The number of nitrogens with two attached hydrogens (primary N) is 1. The number of rotatable bonds is 3. The molecule has 10 nitrogen and oxygen atoms in total. The SMILES string of the molecule is CC(=O)Nc1ccc(NC(=O)N2CCN(c3nc(N)nc4scnc34)C(C)C2)cc1. The fraction of sp³-hybridized carbons (Fsp3) is 0.316. The third kappa shape index (κ3) is 4.10. The van der Waals surface area contributed by atoms with Crippen LogP contribution >= 0.6 is 11.3 Å². The summed E-state index contributed by atoms with van der Waals surface area (Å²) in [4.78, 5) is 41.5. The highest BCUT2D eigenvalue weighted by molar-refractivity contribution is 7.16. The number of thiazole rings is 1. The highest BCUT2D eigenvalue weighted by Crippen LogP contribution is 2.28. The number of aromatic nitrogens is 3. The minimum atomic E-state index is -0.171. The minimum absolute atomic E-state index is 0.0332. The maximum absolute atomic E-state index is 12.7. The van der Waals surface area contributed by atoms with Gasteiger partial charge in [0.1, 0.15) is 5.52 Å². The Hall–Kier alpha value is -3.47. The number of piperazine rings is 1. The average Bonchev–Trinajstić information content (AvgIpc) is 3.17. The lowest BCUT2D eigenvalue weighted by Gasteiger charge is -2.40. The zero-order chi connectivity index (χ0) is 21.3. The van der Waals surface area contributed by atoms with E-state index in [1.54, 1.807) is 34.7 Å². The molecule has 1 aliphatic rings. The number of anilines is 4. The topological polar surface area (TPSA) is 129 Å². The molecule has 4 N–H and O–H groups in total. The van der Waals surface area contributed by atoms with Crippen molar-refractivity contribution < 1.29 is 9.59 Å². The summed E-state index contributed by atoms with van der Waals surface area (Å²) >= 11 is 1.43. The Kier molecular flexibility index (Phi) is 5.36. The normalized spacial score (nSPS) is 16.5. The molecule has 0 saturated carbocycles. The lowest BCUT2D eigenvalue weighted by atomic mass is 10.2. The molecule has 0 radical (unpaired) electrons. The van der Waals surface area contributed by atoms with Gasteiger partial charge in [-0.2, -0.15) is 4.98 Å². The van der Waals surface area contributed by atoms with Crippen LogP contribution in [0.15, 0.2) is 29.8 Å². The van der Waals surface area contributed by atoms with E-state index in [0.29, 0.717) is 36.8 Å². The van der Waals surface area contributed by atoms with E-state index in [0.717, 1.165) is 10.3 Å². The van der Waals surface area contributed by atoms with Crippen LogP contribution in [0.2, 0.25) is 0 Å². The third-order valence-electron chi connectivity index (χ3n) is 4.84. The summed E-state index contributed by atoms with van der Waals surface area (Å²) in [5.41, 5.74) is 9.68. The lowest BCUT2D eigenvalue weighted by Crippen LogP contribution is -2.55. The fourth-order valence-corrected chi connectivity index (χ4v) is 4.12. The standard InChI is InChI=1S/C19H22N8O2S/c1-11-9-26(19(29)23-14-5-3-13(4-6-14)22-12(2)28)7-8-27(11)16-15-17(30-10-21-15)25-18(20)24-16/h3-6,10-11H,7-9H2,1-2H3,(H,22,28)(H,23,29)(H2,20,24,25). The van der Waals surface area contributed by atoms with Crippen LogP contribution in [0, 0.1) is 0 Å². The van der Waals surface area contributed by atoms with E-state index in [-0.39, 0.29) is 23.9 Å². The molecule has 4 rings (SSSR count). The minimum Gasteiger partial charge on any atom is -0.368 e. The van der Waals surface area contributed by atoms with Crippen molar-refractivity contribution in [2.24, 2.45) is 0 Å². The van der Waals surface area contributed by atoms with Crippen LogP contribution in [-0.2, 0) is 4.79 Å². The Morgan fingerprint density at radius 1 is 1.13 bits per heavy atom. The molecule has 0 spiro atoms. The first-order valence-corrected chi connectivity index (χ1v) is 10.4. The van der Waals surface area contributed by atoms with Crippen LogP contribution in [0.3, 0.4) is 0 Å². The molecule has 156 valence electrons. The summed E-state index contributed by atoms with van der Waals surface area (Å²) in [6.45, 7) is 5.17. The molecule has 0 bridgehead atoms. The second kappa shape index (κ2) is 8.11. The molecule has 1 fully saturated rings. The first kappa shape index (κ1) is 19.8. The maximum atomic E-state index is 12.7. The van der Waals surface area contributed by atoms with Crippen LogP contribution in [0.25, 0.3) is 10.3 Å². The van der Waals surface area contributed by atoms with E-state index in [1.165, 1.54) is 18.3 Å². The molecule has 1 aromatic carbocycles. The van der Waals surface area contributed by atoms with E-state index in [4.69, 9.17) is 5.73 Å². The Labute approximate surface area is 177 Å². The highest BCUT2D eigenvalue weighted by Gasteiger charge is 2.29. The molecule has 1 aliphatic heterocycles. The average molecular weight is 427 g/mol. The second-order valence-electron chi connectivity index (χ2n) is 7.09. The van der Waals surface area contributed by atoms with Crippen molar-refractivity contribution in [3.8, 4) is 0 Å². The number of benzene rings is 1. The summed E-state index contributed by atoms with van der Waals surface area (Å²) in [6.07, 6.45) is 0. The summed E-state index contributed by atoms with van der Waals surface area (Å²) in [5.74, 6) is 0.788. The molecule has 3 amide bonds. The second-order valence-corrected chi connectivity index (χ2v) is 7.92. The monoisotopic (exact) mass is 426 g/mol. The number of nitrogen functional groups attached to an aromatic ring is 1. The van der Waals surface area contributed by atoms with Crippen molar-refractivity contribution in [2.75, 3.05) is 40.9 Å². The number of hydrogen-bond acceptors (Lipinski definition) is 8. The van der Waals surface area contributed by atoms with Crippen LogP contribution in [0.1, 0.15) is 13.8 Å². The predicted octanol–water partition coefficient (Wildman–Crippen LogP) is 2.37. The number of urea groups is 1. The summed E-state index contributed by atoms with van der Waals surface area (Å²) in [6, 6.07) is 6.87. The molecule has 3 heterocycles. The Morgan fingerprint density at radius 3 is 2.50 bits per heavy atom. The molecular weight excluding hydrogens is 404 g/mol. The van der Waals surface area contributed by atoms with E-state index in [9.17, 15) is 9.59 Å². The van der Waals surface area contributed by atoms with Crippen LogP contribution in [0.5, 0.6) is 0 Å². The summed E-state index contributed by atoms with van der Waals surface area (Å²) in [7, 11) is 0. The van der Waals surface area contributed by atoms with Crippen LogP contribution in [0.4, 0.5) is 27.9 Å². The van der Waals surface area contributed by atoms with Crippen molar-refractivity contribution in [1.82, 2.24) is 19.9 Å². The van der Waals surface area contributed by atoms with E-state index in [1.807, 2.05) is 6.92 Å². The summed E-state index contributed by atoms with van der Waals surface area (Å²) in [5, 5.41) is 5.60. The van der Waals surface area contributed by atoms with Gasteiger partial charge in [0.2, 0.25) is 11.9 Å². The van der Waals surface area contributed by atoms with Gasteiger partial charge in [0.05, 0.1) is 5.51 Å². The number of nitrogens with one attached hydrogen (secondary N) is 2. The lowest BCUT2D eigenvalue weighted by molar-refractivity contribution is -0.114. The van der Waals surface area contributed by atoms with Gasteiger partial charge in [-0.25, -0.2) is 14.8 Å². The van der Waals surface area contributed by atoms with Crippen molar-refractivity contribution in [3.05, 3.63) is 29.8 Å². The van der Waals surface area contributed by atoms with Gasteiger partial charge in [0.15, 0.2) is 10.6 Å². The van der Waals surface area contributed by atoms with Crippen molar-refractivity contribution in [2.45, 2.75) is 19.9 Å². The molecule has 1 saturated heterocycles. The third-order valence-corrected chi connectivity index (χ3v) is 5.56. The Morgan fingerprint density at radius 2 is 1.83 bits per heavy atom. The van der Waals surface area contributed by atoms with Gasteiger partial charge in [0.25, 0.3) is 0 Å². The molecule has 3 aromatic rings. The van der Waals surface area contributed by atoms with Gasteiger partial charge in [-0.05, 0) is 31.2 Å². The molecule has 0 aliphatic carbocycles. The van der Waals surface area contributed by atoms with Crippen molar-refractivity contribution in [3.63, 3.8) is 0 Å². The summed E-state index contributed by atoms with van der Waals surface area (Å²) < 4.78 is 0. The first-order chi connectivity index (χ1) is 14.4. The molecule has 11 heteroatoms. The van der Waals surface area contributed by atoms with Gasteiger partial charge >= 0.3 is 6.03 Å². The number of fused-ring (bicyclic) bond motifs is 1. The fourth-order valence-electron chi connectivity index (χ4n) is 3.46. The number of nitrogens with zero attached hydrogens (tertiary/aromatic N) is 5. The van der Waals surface area contributed by atoms with E-state index in [2.05, 4.69) is 30.5 Å². The van der Waals surface area contributed by atoms with Gasteiger partial charge in [0, 0.05) is 44.0 Å². The first-order valence-electron chi connectivity index (χ1n) is 9.47.